The lowest BCUT2D eigenvalue weighted by molar-refractivity contribution is 0.358. The van der Waals surface area contributed by atoms with Gasteiger partial charge in [0.25, 0.3) is 10.0 Å². The van der Waals surface area contributed by atoms with E-state index in [4.69, 9.17) is 9.47 Å². The Balaban J connectivity index is 2.02. The highest BCUT2D eigenvalue weighted by atomic mass is 32.2. The first-order valence-corrected chi connectivity index (χ1v) is 8.42. The minimum atomic E-state index is -3.76. The molecule has 0 spiro atoms. The maximum Gasteiger partial charge on any atom is 0.265 e. The van der Waals surface area contributed by atoms with Gasteiger partial charge in [-0.3, -0.25) is 4.72 Å². The number of rotatable bonds is 4. The number of hydrogen-bond acceptors (Lipinski definition) is 4. The Bertz CT molecular complexity index is 815. The Labute approximate surface area is 129 Å². The third-order valence-electron chi connectivity index (χ3n) is 3.57. The van der Waals surface area contributed by atoms with Crippen LogP contribution in [0.5, 0.6) is 11.5 Å². The van der Waals surface area contributed by atoms with Crippen molar-refractivity contribution in [1.29, 1.82) is 0 Å². The van der Waals surface area contributed by atoms with E-state index in [1.165, 1.54) is 7.11 Å². The van der Waals surface area contributed by atoms with Crippen LogP contribution >= 0.6 is 0 Å². The Kier molecular flexibility index (Phi) is 3.70. The molecule has 5 nitrogen and oxygen atoms in total. The van der Waals surface area contributed by atoms with E-state index in [1.807, 2.05) is 19.1 Å². The van der Waals surface area contributed by atoms with Crippen LogP contribution in [0.3, 0.4) is 0 Å². The summed E-state index contributed by atoms with van der Waals surface area (Å²) in [5.74, 6) is 0.921. The summed E-state index contributed by atoms with van der Waals surface area (Å²) in [6.45, 7) is 2.41. The minimum Gasteiger partial charge on any atom is -0.495 e. The smallest absolute Gasteiger partial charge is 0.265 e. The summed E-state index contributed by atoms with van der Waals surface area (Å²) >= 11 is 0. The molecule has 0 atom stereocenters. The van der Waals surface area contributed by atoms with E-state index >= 15 is 0 Å². The summed E-state index contributed by atoms with van der Waals surface area (Å²) in [7, 11) is -2.30. The van der Waals surface area contributed by atoms with Crippen LogP contribution in [-0.4, -0.2) is 22.1 Å². The predicted octanol–water partition coefficient (Wildman–Crippen LogP) is 2.74. The monoisotopic (exact) mass is 319 g/mol. The Morgan fingerprint density at radius 1 is 1.23 bits per heavy atom. The molecule has 2 aromatic carbocycles. The molecule has 22 heavy (non-hydrogen) atoms. The molecule has 0 bridgehead atoms. The van der Waals surface area contributed by atoms with Gasteiger partial charge in [0, 0.05) is 6.42 Å². The molecule has 3 rings (SSSR count). The topological polar surface area (TPSA) is 64.6 Å². The zero-order valence-electron chi connectivity index (χ0n) is 12.4. The summed E-state index contributed by atoms with van der Waals surface area (Å²) in [4.78, 5) is 0.116. The normalized spacial score (nSPS) is 13.4. The molecule has 0 aromatic heterocycles. The molecule has 0 saturated heterocycles. The molecule has 0 unspecified atom stereocenters. The minimum absolute atomic E-state index is 0.116. The molecule has 0 saturated carbocycles. The van der Waals surface area contributed by atoms with Gasteiger partial charge in [0.05, 0.1) is 19.4 Å². The Morgan fingerprint density at radius 2 is 2.05 bits per heavy atom. The summed E-state index contributed by atoms with van der Waals surface area (Å²) in [6, 6.07) is 10.5. The van der Waals surface area contributed by atoms with Crippen molar-refractivity contribution in [3.8, 4) is 11.5 Å². The van der Waals surface area contributed by atoms with Crippen molar-refractivity contribution in [2.45, 2.75) is 18.2 Å². The third kappa shape index (κ3) is 2.62. The van der Waals surface area contributed by atoms with E-state index in [9.17, 15) is 8.42 Å². The zero-order valence-corrected chi connectivity index (χ0v) is 13.2. The molecule has 0 fully saturated rings. The number of para-hydroxylation sites is 1. The molecule has 6 heteroatoms. The van der Waals surface area contributed by atoms with Crippen LogP contribution in [0.1, 0.15) is 11.1 Å². The van der Waals surface area contributed by atoms with E-state index in [0.717, 1.165) is 17.5 Å². The number of aryl methyl sites for hydroxylation is 1. The quantitative estimate of drug-likeness (QED) is 0.941. The van der Waals surface area contributed by atoms with Crippen LogP contribution in [0.4, 0.5) is 5.69 Å². The second kappa shape index (κ2) is 5.53. The van der Waals surface area contributed by atoms with E-state index in [2.05, 4.69) is 4.72 Å². The van der Waals surface area contributed by atoms with Crippen LogP contribution < -0.4 is 14.2 Å². The van der Waals surface area contributed by atoms with Crippen molar-refractivity contribution in [2.24, 2.45) is 0 Å². The predicted molar refractivity (Wildman–Crippen MR) is 84.2 cm³/mol. The molecule has 1 aliphatic heterocycles. The van der Waals surface area contributed by atoms with Crippen molar-refractivity contribution in [2.75, 3.05) is 18.4 Å². The van der Waals surface area contributed by atoms with Gasteiger partial charge >= 0.3 is 0 Å². The highest BCUT2D eigenvalue weighted by Gasteiger charge is 2.23. The SMILES string of the molecule is COc1ccc(C)cc1S(=O)(=O)Nc1cccc2c1OCC2. The molecule has 0 amide bonds. The molecule has 0 aliphatic carbocycles. The lowest BCUT2D eigenvalue weighted by Gasteiger charge is -2.14. The van der Waals surface area contributed by atoms with Gasteiger partial charge in [-0.2, -0.15) is 0 Å². The van der Waals surface area contributed by atoms with Crippen molar-refractivity contribution < 1.29 is 17.9 Å². The van der Waals surface area contributed by atoms with Crippen LogP contribution in [0.2, 0.25) is 0 Å². The van der Waals surface area contributed by atoms with Gasteiger partial charge in [-0.1, -0.05) is 18.2 Å². The fraction of sp³-hybridized carbons (Fsp3) is 0.250. The molecule has 1 aliphatic rings. The average Bonchev–Trinajstić information content (AvgIpc) is 2.96. The first-order valence-electron chi connectivity index (χ1n) is 6.93. The molecule has 116 valence electrons. The fourth-order valence-corrected chi connectivity index (χ4v) is 3.81. The van der Waals surface area contributed by atoms with Crippen LogP contribution in [0.25, 0.3) is 0 Å². The number of anilines is 1. The lowest BCUT2D eigenvalue weighted by Crippen LogP contribution is -2.15. The van der Waals surface area contributed by atoms with Crippen molar-refractivity contribution >= 4 is 15.7 Å². The number of hydrogen-bond donors (Lipinski definition) is 1. The van der Waals surface area contributed by atoms with E-state index in [1.54, 1.807) is 24.3 Å². The second-order valence-electron chi connectivity index (χ2n) is 5.15. The van der Waals surface area contributed by atoms with Gasteiger partial charge in [0.2, 0.25) is 0 Å². The summed E-state index contributed by atoms with van der Waals surface area (Å²) in [6.07, 6.45) is 0.790. The molecule has 1 N–H and O–H groups in total. The molecule has 2 aromatic rings. The van der Waals surface area contributed by atoms with Crippen LogP contribution in [-0.2, 0) is 16.4 Å². The van der Waals surface area contributed by atoms with Gasteiger partial charge in [-0.05, 0) is 36.2 Å². The van der Waals surface area contributed by atoms with Crippen LogP contribution in [0, 0.1) is 6.92 Å². The highest BCUT2D eigenvalue weighted by Crippen LogP contribution is 2.35. The molecular formula is C16H17NO4S. The molecule has 0 radical (unpaired) electrons. The maximum absolute atomic E-state index is 12.7. The average molecular weight is 319 g/mol. The molecule has 1 heterocycles. The van der Waals surface area contributed by atoms with Gasteiger partial charge in [0.1, 0.15) is 16.4 Å². The van der Waals surface area contributed by atoms with E-state index in [0.29, 0.717) is 23.8 Å². The summed E-state index contributed by atoms with van der Waals surface area (Å²) in [5, 5.41) is 0. The van der Waals surface area contributed by atoms with Gasteiger partial charge < -0.3 is 9.47 Å². The van der Waals surface area contributed by atoms with Crippen molar-refractivity contribution in [3.05, 3.63) is 47.5 Å². The number of nitrogens with one attached hydrogen (secondary N) is 1. The number of benzene rings is 2. The van der Waals surface area contributed by atoms with Gasteiger partial charge in [-0.25, -0.2) is 8.42 Å². The summed E-state index contributed by atoms with van der Waals surface area (Å²) in [5.41, 5.74) is 2.31. The van der Waals surface area contributed by atoms with E-state index in [-0.39, 0.29) is 4.90 Å². The number of sulfonamides is 1. The fourth-order valence-electron chi connectivity index (χ4n) is 2.49. The lowest BCUT2D eigenvalue weighted by atomic mass is 10.1. The van der Waals surface area contributed by atoms with Gasteiger partial charge in [0.15, 0.2) is 0 Å². The first-order chi connectivity index (χ1) is 10.5. The molecular weight excluding hydrogens is 302 g/mol. The van der Waals surface area contributed by atoms with Gasteiger partial charge in [-0.15, -0.1) is 0 Å². The van der Waals surface area contributed by atoms with E-state index < -0.39 is 10.0 Å². The second-order valence-corrected chi connectivity index (χ2v) is 6.80. The van der Waals surface area contributed by atoms with Crippen molar-refractivity contribution in [3.63, 3.8) is 0 Å². The van der Waals surface area contributed by atoms with Crippen molar-refractivity contribution in [1.82, 2.24) is 0 Å². The maximum atomic E-state index is 12.7. The summed E-state index contributed by atoms with van der Waals surface area (Å²) < 4.78 is 38.7. The largest absolute Gasteiger partial charge is 0.495 e. The number of methoxy groups -OCH3 is 1. The zero-order chi connectivity index (χ0) is 15.7. The van der Waals surface area contributed by atoms with Crippen LogP contribution in [0.15, 0.2) is 41.3 Å². The Hall–Kier alpha value is -2.21. The highest BCUT2D eigenvalue weighted by molar-refractivity contribution is 7.92. The number of fused-ring (bicyclic) bond motifs is 1. The Morgan fingerprint density at radius 3 is 2.82 bits per heavy atom. The standard InChI is InChI=1S/C16H17NO4S/c1-11-6-7-14(20-2)15(10-11)22(18,19)17-13-5-3-4-12-8-9-21-16(12)13/h3-7,10,17H,8-9H2,1-2H3. The number of ether oxygens (including phenoxy) is 2. The first kappa shape index (κ1) is 14.7. The third-order valence-corrected chi connectivity index (χ3v) is 4.95.